The molecule has 2 aromatic carbocycles. The number of nitrogens with zero attached hydrogens (tertiary/aromatic N) is 2. The molecule has 0 aliphatic carbocycles. The monoisotopic (exact) mass is 441 g/mol. The zero-order chi connectivity index (χ0) is 23.0. The number of amides is 2. The van der Waals surface area contributed by atoms with E-state index in [0.29, 0.717) is 40.2 Å². The van der Waals surface area contributed by atoms with Gasteiger partial charge < -0.3 is 15.4 Å². The molecule has 0 saturated carbocycles. The number of ether oxygens (including phenoxy) is 1. The van der Waals surface area contributed by atoms with Gasteiger partial charge >= 0.3 is 6.36 Å². The number of carbonyl (C=O) groups is 2. The molecule has 0 fully saturated rings. The normalized spacial score (nSPS) is 13.2. The molecule has 0 saturated heterocycles. The molecule has 2 amide bonds. The molecule has 2 heterocycles. The highest BCUT2D eigenvalue weighted by Gasteiger charge is 2.32. The van der Waals surface area contributed by atoms with Crippen LogP contribution in [0.4, 0.5) is 13.2 Å². The van der Waals surface area contributed by atoms with Crippen LogP contribution in [0.15, 0.2) is 54.6 Å². The zero-order valence-corrected chi connectivity index (χ0v) is 16.9. The van der Waals surface area contributed by atoms with Gasteiger partial charge in [-0.1, -0.05) is 24.3 Å². The molecule has 1 aliphatic heterocycles. The third-order valence-electron chi connectivity index (χ3n) is 5.12. The number of nitrogens with two attached hydrogens (primary N) is 1. The molecule has 164 valence electrons. The third-order valence-corrected chi connectivity index (χ3v) is 5.12. The highest BCUT2D eigenvalue weighted by atomic mass is 19.4. The molecule has 1 aromatic heterocycles. The number of rotatable bonds is 5. The van der Waals surface area contributed by atoms with E-state index in [0.717, 1.165) is 5.56 Å². The summed E-state index contributed by atoms with van der Waals surface area (Å²) in [6, 6.07) is 14.0. The van der Waals surface area contributed by atoms with Gasteiger partial charge in [-0.2, -0.15) is 0 Å². The molecule has 6 nitrogen and oxygen atoms in total. The number of benzene rings is 2. The van der Waals surface area contributed by atoms with E-state index in [2.05, 4.69) is 9.72 Å². The highest BCUT2D eigenvalue weighted by molar-refractivity contribution is 6.00. The molecular weight excluding hydrogens is 423 g/mol. The van der Waals surface area contributed by atoms with Crippen molar-refractivity contribution in [1.82, 2.24) is 9.88 Å². The van der Waals surface area contributed by atoms with E-state index in [1.54, 1.807) is 42.2 Å². The Morgan fingerprint density at radius 3 is 2.53 bits per heavy atom. The number of aromatic nitrogens is 1. The Kier molecular flexibility index (Phi) is 5.33. The Balaban J connectivity index is 1.55. The lowest BCUT2D eigenvalue weighted by molar-refractivity contribution is -0.274. The van der Waals surface area contributed by atoms with Crippen molar-refractivity contribution in [3.8, 4) is 17.0 Å². The molecule has 0 bridgehead atoms. The van der Waals surface area contributed by atoms with Gasteiger partial charge in [-0.3, -0.25) is 14.6 Å². The van der Waals surface area contributed by atoms with Crippen LogP contribution in [0, 0.1) is 6.92 Å². The minimum Gasteiger partial charge on any atom is -0.406 e. The second kappa shape index (κ2) is 7.99. The third kappa shape index (κ3) is 4.41. The predicted molar refractivity (Wildman–Crippen MR) is 110 cm³/mol. The van der Waals surface area contributed by atoms with Crippen molar-refractivity contribution in [2.24, 2.45) is 5.73 Å². The van der Waals surface area contributed by atoms with Gasteiger partial charge in [-0.05, 0) is 48.4 Å². The van der Waals surface area contributed by atoms with E-state index in [-0.39, 0.29) is 18.2 Å². The van der Waals surface area contributed by atoms with Gasteiger partial charge in [-0.25, -0.2) is 0 Å². The van der Waals surface area contributed by atoms with Gasteiger partial charge in [0.15, 0.2) is 0 Å². The van der Waals surface area contributed by atoms with Crippen molar-refractivity contribution >= 4 is 11.8 Å². The van der Waals surface area contributed by atoms with Gasteiger partial charge in [0.2, 0.25) is 5.91 Å². The summed E-state index contributed by atoms with van der Waals surface area (Å²) in [7, 11) is 0. The van der Waals surface area contributed by atoms with E-state index in [4.69, 9.17) is 5.73 Å². The lowest BCUT2D eigenvalue weighted by atomic mass is 10.0. The minimum absolute atomic E-state index is 0.196. The van der Waals surface area contributed by atoms with E-state index in [9.17, 15) is 22.8 Å². The summed E-state index contributed by atoms with van der Waals surface area (Å²) in [5, 5.41) is 0. The lowest BCUT2D eigenvalue weighted by Crippen LogP contribution is -2.23. The van der Waals surface area contributed by atoms with E-state index in [1.807, 2.05) is 0 Å². The zero-order valence-electron chi connectivity index (χ0n) is 16.9. The van der Waals surface area contributed by atoms with Crippen LogP contribution in [0.1, 0.15) is 37.5 Å². The molecular formula is C23H18F3N3O3. The number of primary amides is 1. The van der Waals surface area contributed by atoms with Crippen LogP contribution in [-0.4, -0.2) is 28.1 Å². The summed E-state index contributed by atoms with van der Waals surface area (Å²) in [4.78, 5) is 30.5. The Hall–Kier alpha value is -3.88. The van der Waals surface area contributed by atoms with Crippen molar-refractivity contribution in [2.75, 3.05) is 0 Å². The summed E-state index contributed by atoms with van der Waals surface area (Å²) in [5.41, 5.74) is 9.57. The summed E-state index contributed by atoms with van der Waals surface area (Å²) >= 11 is 0. The SMILES string of the molecule is Cc1nc(-c2cccc(C(N)=O)c2)cc2c1C(=O)N(Cc1ccc(OC(F)(F)F)cc1)C2. The summed E-state index contributed by atoms with van der Waals surface area (Å²) in [6.07, 6.45) is -4.76. The first-order valence-electron chi connectivity index (χ1n) is 9.65. The number of alkyl halides is 3. The van der Waals surface area contributed by atoms with Gasteiger partial charge in [0, 0.05) is 24.2 Å². The second-order valence-corrected chi connectivity index (χ2v) is 7.43. The topological polar surface area (TPSA) is 85.5 Å². The van der Waals surface area contributed by atoms with E-state index >= 15 is 0 Å². The minimum atomic E-state index is -4.76. The van der Waals surface area contributed by atoms with Crippen molar-refractivity contribution in [3.05, 3.63) is 82.5 Å². The number of halogens is 3. The maximum absolute atomic E-state index is 12.9. The molecule has 32 heavy (non-hydrogen) atoms. The fourth-order valence-electron chi connectivity index (χ4n) is 3.72. The lowest BCUT2D eigenvalue weighted by Gasteiger charge is -2.16. The molecule has 1 aliphatic rings. The molecule has 0 spiro atoms. The Morgan fingerprint density at radius 2 is 1.88 bits per heavy atom. The van der Waals surface area contributed by atoms with Crippen LogP contribution >= 0.6 is 0 Å². The molecule has 9 heteroatoms. The van der Waals surface area contributed by atoms with Crippen LogP contribution in [-0.2, 0) is 13.1 Å². The van der Waals surface area contributed by atoms with E-state index < -0.39 is 12.3 Å². The first-order valence-corrected chi connectivity index (χ1v) is 9.65. The Bertz CT molecular complexity index is 1210. The fraction of sp³-hybridized carbons (Fsp3) is 0.174. The summed E-state index contributed by atoms with van der Waals surface area (Å²) < 4.78 is 40.8. The molecule has 3 aromatic rings. The van der Waals surface area contributed by atoms with Crippen molar-refractivity contribution in [3.63, 3.8) is 0 Å². The van der Waals surface area contributed by atoms with Gasteiger partial charge in [0.1, 0.15) is 5.75 Å². The fourth-order valence-corrected chi connectivity index (χ4v) is 3.72. The van der Waals surface area contributed by atoms with Crippen molar-refractivity contribution < 1.29 is 27.5 Å². The van der Waals surface area contributed by atoms with Gasteiger partial charge in [0.05, 0.1) is 17.0 Å². The molecule has 0 atom stereocenters. The van der Waals surface area contributed by atoms with Crippen LogP contribution in [0.2, 0.25) is 0 Å². The number of carbonyl (C=O) groups excluding carboxylic acids is 2. The number of hydrogen-bond acceptors (Lipinski definition) is 4. The standard InChI is InChI=1S/C23H18F3N3O3/c1-13-20-17(10-19(28-13)15-3-2-4-16(9-15)21(27)30)12-29(22(20)31)11-14-5-7-18(8-6-14)32-23(24,25)26/h2-10H,11-12H2,1H3,(H2,27,30). The number of pyridine rings is 1. The predicted octanol–water partition coefficient (Wildman–Crippen LogP) is 4.21. The second-order valence-electron chi connectivity index (χ2n) is 7.43. The maximum atomic E-state index is 12.9. The van der Waals surface area contributed by atoms with Crippen LogP contribution < -0.4 is 10.5 Å². The average molecular weight is 441 g/mol. The highest BCUT2D eigenvalue weighted by Crippen LogP contribution is 2.31. The maximum Gasteiger partial charge on any atom is 0.573 e. The van der Waals surface area contributed by atoms with Crippen molar-refractivity contribution in [1.29, 1.82) is 0 Å². The quantitative estimate of drug-likeness (QED) is 0.643. The van der Waals surface area contributed by atoms with Crippen molar-refractivity contribution in [2.45, 2.75) is 26.4 Å². The average Bonchev–Trinajstić information content (AvgIpc) is 3.04. The van der Waals surface area contributed by atoms with E-state index in [1.165, 1.54) is 24.3 Å². The summed E-state index contributed by atoms with van der Waals surface area (Å²) in [5.74, 6) is -1.06. The first-order chi connectivity index (χ1) is 15.1. The number of fused-ring (bicyclic) bond motifs is 1. The smallest absolute Gasteiger partial charge is 0.406 e. The molecule has 0 radical (unpaired) electrons. The van der Waals surface area contributed by atoms with Gasteiger partial charge in [0.25, 0.3) is 5.91 Å². The number of aryl methyl sites for hydroxylation is 1. The number of hydrogen-bond donors (Lipinski definition) is 1. The van der Waals surface area contributed by atoms with Crippen LogP contribution in [0.3, 0.4) is 0 Å². The molecule has 2 N–H and O–H groups in total. The largest absolute Gasteiger partial charge is 0.573 e. The van der Waals surface area contributed by atoms with Crippen LogP contribution in [0.25, 0.3) is 11.3 Å². The Morgan fingerprint density at radius 1 is 1.16 bits per heavy atom. The Labute approximate surface area is 181 Å². The van der Waals surface area contributed by atoms with Gasteiger partial charge in [-0.15, -0.1) is 13.2 Å². The summed E-state index contributed by atoms with van der Waals surface area (Å²) in [6.45, 7) is 2.30. The first kappa shape index (κ1) is 21.4. The molecule has 0 unspecified atom stereocenters. The molecule has 4 rings (SSSR count). The van der Waals surface area contributed by atoms with Crippen LogP contribution in [0.5, 0.6) is 5.75 Å².